The second-order valence-electron chi connectivity index (χ2n) is 5.04. The molecular weight excluding hydrogens is 296 g/mol. The third kappa shape index (κ3) is 3.27. The summed E-state index contributed by atoms with van der Waals surface area (Å²) in [4.78, 5) is 21.3. The van der Waals surface area contributed by atoms with Gasteiger partial charge in [0.2, 0.25) is 10.0 Å². The normalized spacial score (nSPS) is 17.6. The van der Waals surface area contributed by atoms with Crippen molar-refractivity contribution in [2.75, 3.05) is 13.1 Å². The number of nitro benzene ring substituents is 1. The first-order valence-corrected chi connectivity index (χ1v) is 8.01. The first kappa shape index (κ1) is 15.6. The van der Waals surface area contributed by atoms with E-state index in [1.807, 2.05) is 0 Å². The third-order valence-electron chi connectivity index (χ3n) is 3.70. The van der Waals surface area contributed by atoms with Gasteiger partial charge in [-0.25, -0.2) is 8.42 Å². The van der Waals surface area contributed by atoms with Gasteiger partial charge < -0.3 is 0 Å². The summed E-state index contributed by atoms with van der Waals surface area (Å²) in [5, 5.41) is 10.7. The lowest BCUT2D eigenvalue weighted by molar-refractivity contribution is -0.385. The number of rotatable bonds is 4. The molecule has 1 heterocycles. The van der Waals surface area contributed by atoms with E-state index in [4.69, 9.17) is 0 Å². The van der Waals surface area contributed by atoms with E-state index in [1.165, 1.54) is 29.4 Å². The molecule has 0 spiro atoms. The van der Waals surface area contributed by atoms with Gasteiger partial charge in [0, 0.05) is 31.1 Å². The average molecular weight is 312 g/mol. The minimum Gasteiger partial charge on any atom is -0.300 e. The van der Waals surface area contributed by atoms with Crippen LogP contribution in [0.2, 0.25) is 0 Å². The molecule has 7 nitrogen and oxygen atoms in total. The topological polar surface area (TPSA) is 97.6 Å². The zero-order valence-corrected chi connectivity index (χ0v) is 12.4. The number of ketones is 1. The van der Waals surface area contributed by atoms with Crippen LogP contribution in [0.3, 0.4) is 0 Å². The van der Waals surface area contributed by atoms with Gasteiger partial charge in [-0.2, -0.15) is 4.31 Å². The van der Waals surface area contributed by atoms with E-state index in [9.17, 15) is 23.3 Å². The number of non-ortho nitro benzene ring substituents is 1. The summed E-state index contributed by atoms with van der Waals surface area (Å²) >= 11 is 0. The van der Waals surface area contributed by atoms with Crippen LogP contribution in [-0.2, 0) is 14.8 Å². The van der Waals surface area contributed by atoms with E-state index in [2.05, 4.69) is 0 Å². The summed E-state index contributed by atoms with van der Waals surface area (Å²) in [5.74, 6) is -0.0241. The van der Waals surface area contributed by atoms with E-state index in [0.717, 1.165) is 6.07 Å². The highest BCUT2D eigenvalue weighted by atomic mass is 32.2. The Morgan fingerprint density at radius 3 is 2.48 bits per heavy atom. The van der Waals surface area contributed by atoms with Crippen molar-refractivity contribution < 1.29 is 18.1 Å². The zero-order valence-electron chi connectivity index (χ0n) is 11.6. The second-order valence-corrected chi connectivity index (χ2v) is 6.98. The fraction of sp³-hybridized carbons (Fsp3) is 0.462. The number of hydrogen-bond donors (Lipinski definition) is 0. The van der Waals surface area contributed by atoms with Crippen LogP contribution < -0.4 is 0 Å². The van der Waals surface area contributed by atoms with Crippen molar-refractivity contribution in [1.29, 1.82) is 0 Å². The number of benzene rings is 1. The molecule has 0 radical (unpaired) electrons. The molecule has 114 valence electrons. The first-order chi connectivity index (χ1) is 9.82. The quantitative estimate of drug-likeness (QED) is 0.621. The van der Waals surface area contributed by atoms with Crippen molar-refractivity contribution in [3.8, 4) is 0 Å². The molecule has 8 heteroatoms. The maximum Gasteiger partial charge on any atom is 0.270 e. The Balaban J connectivity index is 2.21. The molecule has 1 aliphatic rings. The highest BCUT2D eigenvalue weighted by molar-refractivity contribution is 7.89. The van der Waals surface area contributed by atoms with Crippen molar-refractivity contribution in [3.05, 3.63) is 34.4 Å². The van der Waals surface area contributed by atoms with Crippen molar-refractivity contribution in [1.82, 2.24) is 4.31 Å². The minimum absolute atomic E-state index is 0.0717. The number of hydrogen-bond acceptors (Lipinski definition) is 5. The minimum atomic E-state index is -3.75. The highest BCUT2D eigenvalue weighted by Gasteiger charge is 2.31. The lowest BCUT2D eigenvalue weighted by atomic mass is 9.95. The Morgan fingerprint density at radius 2 is 1.95 bits per heavy atom. The highest BCUT2D eigenvalue weighted by Crippen LogP contribution is 2.26. The van der Waals surface area contributed by atoms with Crippen molar-refractivity contribution in [2.24, 2.45) is 5.92 Å². The Kier molecular flexibility index (Phi) is 4.38. The molecule has 0 aliphatic carbocycles. The maximum absolute atomic E-state index is 12.5. The van der Waals surface area contributed by atoms with E-state index >= 15 is 0 Å². The van der Waals surface area contributed by atoms with Gasteiger partial charge >= 0.3 is 0 Å². The summed E-state index contributed by atoms with van der Waals surface area (Å²) in [6.45, 7) is 2.03. The molecular formula is C13H16N2O5S. The molecule has 0 amide bonds. The summed E-state index contributed by atoms with van der Waals surface area (Å²) in [5.41, 5.74) is -0.255. The molecule has 1 aromatic rings. The second kappa shape index (κ2) is 5.90. The lowest BCUT2D eigenvalue weighted by Crippen LogP contribution is -2.39. The number of nitro groups is 1. The molecule has 0 saturated carbocycles. The third-order valence-corrected chi connectivity index (χ3v) is 5.59. The standard InChI is InChI=1S/C13H16N2O5S/c1-10(16)11-5-7-14(8-6-11)21(19,20)13-4-2-3-12(9-13)15(17)18/h2-4,9,11H,5-8H2,1H3. The molecule has 1 aromatic carbocycles. The Labute approximate surface area is 122 Å². The SMILES string of the molecule is CC(=O)C1CCN(S(=O)(=O)c2cccc([N+](=O)[O-])c2)CC1. The first-order valence-electron chi connectivity index (χ1n) is 6.57. The van der Waals surface area contributed by atoms with Crippen molar-refractivity contribution in [2.45, 2.75) is 24.7 Å². The lowest BCUT2D eigenvalue weighted by Gasteiger charge is -2.29. The largest absolute Gasteiger partial charge is 0.300 e. The number of carbonyl (C=O) groups is 1. The maximum atomic E-state index is 12.5. The van der Waals surface area contributed by atoms with Crippen LogP contribution in [0.4, 0.5) is 5.69 Å². The van der Waals surface area contributed by atoms with Crippen molar-refractivity contribution >= 4 is 21.5 Å². The summed E-state index contributed by atoms with van der Waals surface area (Å²) in [7, 11) is -3.75. The van der Waals surface area contributed by atoms with Crippen molar-refractivity contribution in [3.63, 3.8) is 0 Å². The van der Waals surface area contributed by atoms with Gasteiger partial charge in [-0.3, -0.25) is 14.9 Å². The summed E-state index contributed by atoms with van der Waals surface area (Å²) in [6, 6.07) is 5.01. The number of Topliss-reactive ketones (excluding diaryl/α,β-unsaturated/α-hetero) is 1. The number of sulfonamides is 1. The Hall–Kier alpha value is -1.80. The fourth-order valence-corrected chi connectivity index (χ4v) is 3.92. The fourth-order valence-electron chi connectivity index (χ4n) is 2.41. The molecule has 0 atom stereocenters. The molecule has 1 saturated heterocycles. The Bertz CT molecular complexity index is 663. The Morgan fingerprint density at radius 1 is 1.33 bits per heavy atom. The number of carbonyl (C=O) groups excluding carboxylic acids is 1. The molecule has 0 N–H and O–H groups in total. The summed E-state index contributed by atoms with van der Waals surface area (Å²) in [6.07, 6.45) is 0.979. The smallest absolute Gasteiger partial charge is 0.270 e. The molecule has 0 unspecified atom stereocenters. The zero-order chi connectivity index (χ0) is 15.6. The van der Waals surface area contributed by atoms with Crippen LogP contribution in [0.5, 0.6) is 0 Å². The predicted octanol–water partition coefficient (Wildman–Crippen LogP) is 1.58. The van der Waals surface area contributed by atoms with Gasteiger partial charge in [0.05, 0.1) is 9.82 Å². The van der Waals surface area contributed by atoms with Crippen LogP contribution >= 0.6 is 0 Å². The number of piperidine rings is 1. The molecule has 0 bridgehead atoms. The summed E-state index contributed by atoms with van der Waals surface area (Å²) < 4.78 is 26.2. The van der Waals surface area contributed by atoms with E-state index < -0.39 is 14.9 Å². The predicted molar refractivity (Wildman–Crippen MR) is 75.3 cm³/mol. The van der Waals surface area contributed by atoms with Crippen LogP contribution in [0, 0.1) is 16.0 Å². The van der Waals surface area contributed by atoms with E-state index in [0.29, 0.717) is 12.8 Å². The van der Waals surface area contributed by atoms with Gasteiger partial charge in [-0.05, 0) is 25.8 Å². The molecule has 21 heavy (non-hydrogen) atoms. The van der Waals surface area contributed by atoms with Gasteiger partial charge in [0.1, 0.15) is 5.78 Å². The van der Waals surface area contributed by atoms with Gasteiger partial charge in [-0.1, -0.05) is 6.07 Å². The molecule has 1 aliphatic heterocycles. The molecule has 1 fully saturated rings. The van der Waals surface area contributed by atoms with Gasteiger partial charge in [0.15, 0.2) is 0 Å². The number of nitrogens with zero attached hydrogens (tertiary/aromatic N) is 2. The van der Waals surface area contributed by atoms with E-state index in [1.54, 1.807) is 0 Å². The average Bonchev–Trinajstić information content (AvgIpc) is 2.47. The monoisotopic (exact) mass is 312 g/mol. The molecule has 2 rings (SSSR count). The van der Waals surface area contributed by atoms with Crippen LogP contribution in [0.25, 0.3) is 0 Å². The molecule has 0 aromatic heterocycles. The van der Waals surface area contributed by atoms with Crippen LogP contribution in [0.15, 0.2) is 29.2 Å². The van der Waals surface area contributed by atoms with Gasteiger partial charge in [-0.15, -0.1) is 0 Å². The van der Waals surface area contributed by atoms with E-state index in [-0.39, 0.29) is 35.4 Å². The van der Waals surface area contributed by atoms with Gasteiger partial charge in [0.25, 0.3) is 5.69 Å². The van der Waals surface area contributed by atoms with Crippen LogP contribution in [0.1, 0.15) is 19.8 Å². The van der Waals surface area contributed by atoms with Crippen LogP contribution in [-0.4, -0.2) is 36.5 Å².